The van der Waals surface area contributed by atoms with Crippen molar-refractivity contribution in [1.82, 2.24) is 4.90 Å². The van der Waals surface area contributed by atoms with Crippen LogP contribution in [0.15, 0.2) is 53.2 Å². The van der Waals surface area contributed by atoms with Crippen LogP contribution >= 0.6 is 10.8 Å². The van der Waals surface area contributed by atoms with Gasteiger partial charge < -0.3 is 9.45 Å². The maximum atomic E-state index is 11.2. The lowest BCUT2D eigenvalue weighted by atomic mass is 10.1. The summed E-state index contributed by atoms with van der Waals surface area (Å²) in [6.07, 6.45) is 13.1. The van der Waals surface area contributed by atoms with Crippen molar-refractivity contribution in [3.63, 3.8) is 0 Å². The van der Waals surface area contributed by atoms with Gasteiger partial charge in [-0.15, -0.1) is 0 Å². The van der Waals surface area contributed by atoms with E-state index in [-0.39, 0.29) is 0 Å². The van der Waals surface area contributed by atoms with Gasteiger partial charge in [-0.3, -0.25) is 4.99 Å². The van der Waals surface area contributed by atoms with E-state index in [1.807, 2.05) is 74.1 Å². The van der Waals surface area contributed by atoms with E-state index in [2.05, 4.69) is 4.99 Å². The minimum atomic E-state index is -4.41. The molecule has 0 amide bonds. The van der Waals surface area contributed by atoms with Crippen LogP contribution in [0.1, 0.15) is 0 Å². The summed E-state index contributed by atoms with van der Waals surface area (Å²) in [5.74, 6) is 0. The van der Waals surface area contributed by atoms with Crippen LogP contribution in [0.4, 0.5) is 0 Å². The zero-order valence-corrected chi connectivity index (χ0v) is 15.7. The molecule has 6 nitrogen and oxygen atoms in total. The molecule has 2 unspecified atom stereocenters. The smallest absolute Gasteiger partial charge is 0.199 e. The molecule has 8 heteroatoms. The first-order valence-corrected chi connectivity index (χ1v) is 10.2. The fourth-order valence-electron chi connectivity index (χ4n) is 2.27. The standard InChI is InChI=1S/C16H21N3O3S2/c1-18(2)13-7-5-12(6-8-13)17-15-10-9-14(19(3)4)11-16(15)23-24(20,21)22/h5-11,15-16H,1-4H3. The van der Waals surface area contributed by atoms with Crippen LogP contribution < -0.4 is 0 Å². The second-order valence-electron chi connectivity index (χ2n) is 5.84. The summed E-state index contributed by atoms with van der Waals surface area (Å²) in [5, 5.41) is -0.552. The molecule has 2 rings (SSSR count). The van der Waals surface area contributed by atoms with Gasteiger partial charge in [0.15, 0.2) is 5.71 Å². The minimum absolute atomic E-state index is 0.395. The van der Waals surface area contributed by atoms with E-state index in [0.29, 0.717) is 10.8 Å². The fourth-order valence-corrected chi connectivity index (χ4v) is 4.33. The Bertz CT molecular complexity index is 765. The normalized spacial score (nSPS) is 23.3. The maximum Gasteiger partial charge on any atom is 0.199 e. The molecule has 0 aromatic heterocycles. The third-order valence-corrected chi connectivity index (χ3v) is 5.79. The van der Waals surface area contributed by atoms with Crippen LogP contribution in [-0.2, 0) is 9.15 Å². The highest BCUT2D eigenvalue weighted by atomic mass is 33.1. The highest BCUT2D eigenvalue weighted by Crippen LogP contribution is 2.29. The van der Waals surface area contributed by atoms with Gasteiger partial charge in [-0.2, -0.15) is 0 Å². The largest absolute Gasteiger partial charge is 0.739 e. The quantitative estimate of drug-likeness (QED) is 0.323. The lowest BCUT2D eigenvalue weighted by Crippen LogP contribution is -2.26. The fraction of sp³-hybridized carbons (Fsp3) is 0.375. The molecule has 0 aromatic rings. The van der Waals surface area contributed by atoms with Crippen molar-refractivity contribution in [2.45, 2.75) is 11.3 Å². The van der Waals surface area contributed by atoms with Gasteiger partial charge in [0.25, 0.3) is 0 Å². The van der Waals surface area contributed by atoms with Gasteiger partial charge in [0.1, 0.15) is 23.2 Å². The van der Waals surface area contributed by atoms with Crippen LogP contribution in [0.25, 0.3) is 0 Å². The van der Waals surface area contributed by atoms with Crippen LogP contribution in [0.3, 0.4) is 0 Å². The van der Waals surface area contributed by atoms with Gasteiger partial charge >= 0.3 is 0 Å². The van der Waals surface area contributed by atoms with E-state index in [1.54, 1.807) is 6.08 Å². The molecule has 0 N–H and O–H groups in total. The molecule has 2 aliphatic carbocycles. The molecule has 0 spiro atoms. The molecule has 0 fully saturated rings. The van der Waals surface area contributed by atoms with Gasteiger partial charge in [-0.25, -0.2) is 13.0 Å². The molecule has 24 heavy (non-hydrogen) atoms. The second-order valence-corrected chi connectivity index (χ2v) is 9.20. The summed E-state index contributed by atoms with van der Waals surface area (Å²) in [7, 11) is 3.61. The Hall–Kier alpha value is -1.64. The number of rotatable bonds is 4. The number of allylic oxidation sites excluding steroid dienone is 5. The Morgan fingerprint density at radius 3 is 2.29 bits per heavy atom. The van der Waals surface area contributed by atoms with E-state index in [0.717, 1.165) is 17.1 Å². The minimum Gasteiger partial charge on any atom is -0.739 e. The van der Waals surface area contributed by atoms with Gasteiger partial charge in [-0.1, -0.05) is 6.08 Å². The zero-order valence-electron chi connectivity index (χ0n) is 14.1. The third kappa shape index (κ3) is 5.19. The molecule has 0 saturated heterocycles. The molecule has 0 radical (unpaired) electrons. The van der Waals surface area contributed by atoms with Crippen LogP contribution in [0.5, 0.6) is 0 Å². The molecule has 2 aliphatic rings. The van der Waals surface area contributed by atoms with Gasteiger partial charge in [0, 0.05) is 31.9 Å². The first kappa shape index (κ1) is 18.7. The average Bonchev–Trinajstić information content (AvgIpc) is 2.48. The predicted octanol–water partition coefficient (Wildman–Crippen LogP) is 1.21. The van der Waals surface area contributed by atoms with E-state index < -0.39 is 20.4 Å². The van der Waals surface area contributed by atoms with Crippen molar-refractivity contribution < 1.29 is 17.5 Å². The van der Waals surface area contributed by atoms with E-state index in [1.165, 1.54) is 0 Å². The van der Waals surface area contributed by atoms with Crippen molar-refractivity contribution in [2.24, 2.45) is 4.99 Å². The van der Waals surface area contributed by atoms with Gasteiger partial charge in [-0.05, 0) is 35.1 Å². The molecule has 130 valence electrons. The van der Waals surface area contributed by atoms with E-state index in [9.17, 15) is 13.0 Å². The molecule has 2 atom stereocenters. The molecule has 0 aromatic carbocycles. The van der Waals surface area contributed by atoms with E-state index in [4.69, 9.17) is 0 Å². The molecule has 0 heterocycles. The van der Waals surface area contributed by atoms with Crippen molar-refractivity contribution in [1.29, 1.82) is 0 Å². The van der Waals surface area contributed by atoms with Crippen molar-refractivity contribution >= 4 is 31.4 Å². The Morgan fingerprint density at radius 2 is 1.79 bits per heavy atom. The highest BCUT2D eigenvalue weighted by molar-refractivity contribution is 8.70. The molecule has 0 aliphatic heterocycles. The Morgan fingerprint density at radius 1 is 1.17 bits per heavy atom. The monoisotopic (exact) mass is 367 g/mol. The topological polar surface area (TPSA) is 75.8 Å². The predicted molar refractivity (Wildman–Crippen MR) is 98.6 cm³/mol. The van der Waals surface area contributed by atoms with Gasteiger partial charge in [0.2, 0.25) is 0 Å². The van der Waals surface area contributed by atoms with Crippen LogP contribution in [-0.4, -0.2) is 73.4 Å². The third-order valence-electron chi connectivity index (χ3n) is 3.55. The number of aliphatic imine (C=N–C) groups is 1. The average molecular weight is 367 g/mol. The molecular weight excluding hydrogens is 346 g/mol. The summed E-state index contributed by atoms with van der Waals surface area (Å²) in [6, 6.07) is -0.410. The van der Waals surface area contributed by atoms with E-state index >= 15 is 0 Å². The second kappa shape index (κ2) is 7.50. The Labute approximate surface area is 146 Å². The first-order valence-electron chi connectivity index (χ1n) is 7.35. The molecule has 0 bridgehead atoms. The summed E-state index contributed by atoms with van der Waals surface area (Å²) in [4.78, 5) is 6.45. The van der Waals surface area contributed by atoms with Crippen molar-refractivity contribution in [3.05, 3.63) is 48.2 Å². The maximum absolute atomic E-state index is 11.2. The van der Waals surface area contributed by atoms with Crippen LogP contribution in [0, 0.1) is 0 Å². The number of hydrogen-bond acceptors (Lipinski definition) is 6. The van der Waals surface area contributed by atoms with Crippen LogP contribution in [0.2, 0.25) is 0 Å². The first-order chi connectivity index (χ1) is 11.2. The van der Waals surface area contributed by atoms with Crippen molar-refractivity contribution in [3.8, 4) is 0 Å². The van der Waals surface area contributed by atoms with Gasteiger partial charge in [0.05, 0.1) is 17.0 Å². The summed E-state index contributed by atoms with van der Waals surface area (Å²) < 4.78 is 35.5. The molecular formula is C16H21N3O3S2. The Balaban J connectivity index is 2.27. The Kier molecular flexibility index (Phi) is 5.84. The number of hydrogen-bond donors (Lipinski definition) is 0. The highest BCUT2D eigenvalue weighted by Gasteiger charge is 2.24. The lowest BCUT2D eigenvalue weighted by molar-refractivity contribution is -0.462. The zero-order chi connectivity index (χ0) is 17.9. The summed E-state index contributed by atoms with van der Waals surface area (Å²) >= 11 is 0. The number of nitrogens with zero attached hydrogens (tertiary/aromatic N) is 3. The number of likely N-dealkylation sites (N-methyl/N-ethyl adjacent to an activating group) is 1. The lowest BCUT2D eigenvalue weighted by Gasteiger charge is -2.26. The van der Waals surface area contributed by atoms with Crippen molar-refractivity contribution in [2.75, 3.05) is 28.2 Å². The molecule has 0 saturated carbocycles. The summed E-state index contributed by atoms with van der Waals surface area (Å²) in [5.41, 5.74) is 2.65. The summed E-state index contributed by atoms with van der Waals surface area (Å²) in [6.45, 7) is 0. The SMILES string of the molecule is CN(C)C1=CC(SS(=O)(=O)[O-])C(N=C2C=CC(=[N+](C)C)C=C2)C=C1.